The van der Waals surface area contributed by atoms with E-state index in [1.54, 1.807) is 6.92 Å². The van der Waals surface area contributed by atoms with Gasteiger partial charge in [0.1, 0.15) is 0 Å². The first kappa shape index (κ1) is 16.2. The van der Waals surface area contributed by atoms with Gasteiger partial charge < -0.3 is 10.5 Å². The summed E-state index contributed by atoms with van der Waals surface area (Å²) >= 11 is 0. The third-order valence-corrected chi connectivity index (χ3v) is 1.97. The highest BCUT2D eigenvalue weighted by atomic mass is 35.5. The van der Waals surface area contributed by atoms with Crippen LogP contribution in [0.25, 0.3) is 0 Å². The van der Waals surface area contributed by atoms with Crippen LogP contribution in [-0.2, 0) is 24.1 Å². The van der Waals surface area contributed by atoms with Crippen LogP contribution in [0.4, 0.5) is 13.2 Å². The van der Waals surface area contributed by atoms with Gasteiger partial charge >= 0.3 is 6.18 Å². The predicted molar refractivity (Wildman–Crippen MR) is 58.9 cm³/mol. The highest BCUT2D eigenvalue weighted by Gasteiger charge is 2.34. The Morgan fingerprint density at radius 3 is 2.59 bits per heavy atom. The van der Waals surface area contributed by atoms with Gasteiger partial charge in [0.25, 0.3) is 0 Å². The van der Waals surface area contributed by atoms with Crippen LogP contribution in [0.15, 0.2) is 6.07 Å². The van der Waals surface area contributed by atoms with Gasteiger partial charge in [-0.3, -0.25) is 4.68 Å². The number of aromatic nitrogens is 2. The Hall–Kier alpha value is -0.790. The molecule has 0 aliphatic carbocycles. The molecule has 0 unspecified atom stereocenters. The molecule has 0 radical (unpaired) electrons. The molecule has 0 bridgehead atoms. The van der Waals surface area contributed by atoms with Crippen molar-refractivity contribution in [1.29, 1.82) is 0 Å². The first-order valence-corrected chi connectivity index (χ1v) is 4.90. The number of alkyl halides is 3. The highest BCUT2D eigenvalue weighted by Crippen LogP contribution is 2.28. The largest absolute Gasteiger partial charge is 0.435 e. The lowest BCUT2D eigenvalue weighted by atomic mass is 10.3. The van der Waals surface area contributed by atoms with E-state index in [1.807, 2.05) is 0 Å². The molecule has 2 N–H and O–H groups in total. The van der Waals surface area contributed by atoms with E-state index in [9.17, 15) is 13.2 Å². The molecule has 1 rings (SSSR count). The standard InChI is InChI=1S/C9H14F3N3O.ClH/c1-2-15-7(6-16-4-3-13)5-8(14-15)9(10,11)12;/h5H,2-4,6,13H2,1H3;1H. The summed E-state index contributed by atoms with van der Waals surface area (Å²) in [6.45, 7) is 2.84. The van der Waals surface area contributed by atoms with Crippen LogP contribution in [-0.4, -0.2) is 22.9 Å². The van der Waals surface area contributed by atoms with Crippen molar-refractivity contribution in [2.75, 3.05) is 13.2 Å². The van der Waals surface area contributed by atoms with E-state index < -0.39 is 11.9 Å². The number of halogens is 4. The second-order valence-corrected chi connectivity index (χ2v) is 3.18. The molecule has 4 nitrogen and oxygen atoms in total. The zero-order valence-corrected chi connectivity index (χ0v) is 10.1. The summed E-state index contributed by atoms with van der Waals surface area (Å²) in [4.78, 5) is 0. The number of ether oxygens (including phenoxy) is 1. The van der Waals surface area contributed by atoms with E-state index in [2.05, 4.69) is 5.10 Å². The zero-order valence-electron chi connectivity index (χ0n) is 9.33. The molecule has 0 spiro atoms. The summed E-state index contributed by atoms with van der Waals surface area (Å²) < 4.78 is 43.5. The van der Waals surface area contributed by atoms with Crippen LogP contribution in [0.3, 0.4) is 0 Å². The van der Waals surface area contributed by atoms with Crippen molar-refractivity contribution >= 4 is 12.4 Å². The minimum Gasteiger partial charge on any atom is -0.374 e. The van der Waals surface area contributed by atoms with E-state index in [1.165, 1.54) is 4.68 Å². The minimum atomic E-state index is -4.41. The lowest BCUT2D eigenvalue weighted by Crippen LogP contribution is -2.10. The van der Waals surface area contributed by atoms with Crippen LogP contribution in [0.2, 0.25) is 0 Å². The van der Waals surface area contributed by atoms with E-state index in [0.717, 1.165) is 6.07 Å². The van der Waals surface area contributed by atoms with Crippen LogP contribution < -0.4 is 5.73 Å². The molecule has 0 fully saturated rings. The lowest BCUT2D eigenvalue weighted by Gasteiger charge is -2.04. The summed E-state index contributed by atoms with van der Waals surface area (Å²) in [5.41, 5.74) is 4.73. The van der Waals surface area contributed by atoms with Gasteiger partial charge in [-0.1, -0.05) is 0 Å². The number of hydrogen-bond donors (Lipinski definition) is 1. The summed E-state index contributed by atoms with van der Waals surface area (Å²) in [5, 5.41) is 3.46. The number of nitrogens with zero attached hydrogens (tertiary/aromatic N) is 2. The molecule has 1 heterocycles. The molecule has 0 aliphatic rings. The quantitative estimate of drug-likeness (QED) is 0.833. The number of aryl methyl sites for hydroxylation is 1. The topological polar surface area (TPSA) is 53.1 Å². The fourth-order valence-electron chi connectivity index (χ4n) is 1.24. The molecule has 0 saturated heterocycles. The van der Waals surface area contributed by atoms with E-state index in [4.69, 9.17) is 10.5 Å². The first-order chi connectivity index (χ1) is 7.49. The Morgan fingerprint density at radius 1 is 1.47 bits per heavy atom. The van der Waals surface area contributed by atoms with E-state index in [-0.39, 0.29) is 19.0 Å². The monoisotopic (exact) mass is 273 g/mol. The van der Waals surface area contributed by atoms with Crippen molar-refractivity contribution in [1.82, 2.24) is 9.78 Å². The Labute approximate surface area is 103 Å². The SMILES string of the molecule is CCn1nc(C(F)(F)F)cc1COCCN.Cl. The number of rotatable bonds is 5. The summed E-state index contributed by atoms with van der Waals surface area (Å²) in [5.74, 6) is 0. The average Bonchev–Trinajstić information content (AvgIpc) is 2.61. The molecule has 0 atom stereocenters. The van der Waals surface area contributed by atoms with Crippen LogP contribution >= 0.6 is 12.4 Å². The second kappa shape index (κ2) is 6.83. The van der Waals surface area contributed by atoms with Crippen LogP contribution in [0.5, 0.6) is 0 Å². The highest BCUT2D eigenvalue weighted by molar-refractivity contribution is 5.85. The maximum atomic E-state index is 12.4. The average molecular weight is 274 g/mol. The Balaban J connectivity index is 0.00000256. The molecule has 17 heavy (non-hydrogen) atoms. The van der Waals surface area contributed by atoms with E-state index >= 15 is 0 Å². The fourth-order valence-corrected chi connectivity index (χ4v) is 1.24. The number of hydrogen-bond acceptors (Lipinski definition) is 3. The molecule has 0 amide bonds. The van der Waals surface area contributed by atoms with Gasteiger partial charge in [0, 0.05) is 13.1 Å². The molecule has 100 valence electrons. The molecule has 1 aromatic heterocycles. The van der Waals surface area contributed by atoms with Crippen molar-refractivity contribution in [2.24, 2.45) is 5.73 Å². The van der Waals surface area contributed by atoms with Gasteiger partial charge in [-0.2, -0.15) is 18.3 Å². The van der Waals surface area contributed by atoms with Crippen molar-refractivity contribution < 1.29 is 17.9 Å². The Kier molecular flexibility index (Phi) is 6.51. The van der Waals surface area contributed by atoms with Crippen molar-refractivity contribution in [3.05, 3.63) is 17.5 Å². The second-order valence-electron chi connectivity index (χ2n) is 3.18. The Bertz CT molecular complexity index is 341. The van der Waals surface area contributed by atoms with Gasteiger partial charge in [-0.15, -0.1) is 12.4 Å². The molecular weight excluding hydrogens is 259 g/mol. The molecule has 0 saturated carbocycles. The van der Waals surface area contributed by atoms with Crippen LogP contribution in [0.1, 0.15) is 18.3 Å². The zero-order chi connectivity index (χ0) is 12.2. The van der Waals surface area contributed by atoms with Gasteiger partial charge in [0.2, 0.25) is 0 Å². The maximum absolute atomic E-state index is 12.4. The van der Waals surface area contributed by atoms with Crippen molar-refractivity contribution in [2.45, 2.75) is 26.3 Å². The van der Waals surface area contributed by atoms with Gasteiger partial charge in [-0.25, -0.2) is 0 Å². The third kappa shape index (κ3) is 4.53. The third-order valence-electron chi connectivity index (χ3n) is 1.97. The lowest BCUT2D eigenvalue weighted by molar-refractivity contribution is -0.141. The van der Waals surface area contributed by atoms with Gasteiger partial charge in [0.05, 0.1) is 18.9 Å². The van der Waals surface area contributed by atoms with E-state index in [0.29, 0.717) is 25.4 Å². The first-order valence-electron chi connectivity index (χ1n) is 4.90. The molecule has 0 aliphatic heterocycles. The van der Waals surface area contributed by atoms with Crippen molar-refractivity contribution in [3.8, 4) is 0 Å². The minimum absolute atomic E-state index is 0. The fraction of sp³-hybridized carbons (Fsp3) is 0.667. The normalized spacial score (nSPS) is 11.4. The molecule has 8 heteroatoms. The smallest absolute Gasteiger partial charge is 0.374 e. The maximum Gasteiger partial charge on any atom is 0.435 e. The summed E-state index contributed by atoms with van der Waals surface area (Å²) in [6, 6.07) is 1.00. The van der Waals surface area contributed by atoms with Crippen molar-refractivity contribution in [3.63, 3.8) is 0 Å². The van der Waals surface area contributed by atoms with Gasteiger partial charge in [-0.05, 0) is 13.0 Å². The molecule has 1 aromatic rings. The molecular formula is C9H15ClF3N3O. The molecule has 0 aromatic carbocycles. The predicted octanol–water partition coefficient (Wildman–Crippen LogP) is 1.82. The Morgan fingerprint density at radius 2 is 2.12 bits per heavy atom. The van der Waals surface area contributed by atoms with Crippen LogP contribution in [0, 0.1) is 0 Å². The summed E-state index contributed by atoms with van der Waals surface area (Å²) in [6.07, 6.45) is -4.41. The summed E-state index contributed by atoms with van der Waals surface area (Å²) in [7, 11) is 0. The number of nitrogens with two attached hydrogens (primary N) is 1. The van der Waals surface area contributed by atoms with Gasteiger partial charge in [0.15, 0.2) is 5.69 Å².